The summed E-state index contributed by atoms with van der Waals surface area (Å²) in [5.41, 5.74) is 0.653. The number of rotatable bonds is 4. The third-order valence-electron chi connectivity index (χ3n) is 2.90. The fraction of sp³-hybridized carbons (Fsp3) is 0.417. The van der Waals surface area contributed by atoms with E-state index in [1.54, 1.807) is 26.1 Å². The summed E-state index contributed by atoms with van der Waals surface area (Å²) in [5, 5.41) is 20.6. The average Bonchev–Trinajstić information content (AvgIpc) is 2.77. The molecule has 2 aromatic heterocycles. The highest BCUT2D eigenvalue weighted by Crippen LogP contribution is 2.23. The molecule has 0 bridgehead atoms. The first kappa shape index (κ1) is 13.1. The van der Waals surface area contributed by atoms with Crippen LogP contribution in [-0.4, -0.2) is 36.3 Å². The van der Waals surface area contributed by atoms with Gasteiger partial charge in [-0.15, -0.1) is 5.10 Å². The van der Waals surface area contributed by atoms with Crippen LogP contribution in [0.15, 0.2) is 18.3 Å². The number of hydrogen-bond donors (Lipinski definition) is 1. The Labute approximate surface area is 110 Å². The van der Waals surface area contributed by atoms with E-state index in [2.05, 4.69) is 20.5 Å². The highest BCUT2D eigenvalue weighted by atomic mass is 16.4. The highest BCUT2D eigenvalue weighted by molar-refractivity contribution is 5.73. The zero-order valence-corrected chi connectivity index (χ0v) is 11.0. The smallest absolute Gasteiger partial charge is 0.310 e. The Balaban J connectivity index is 2.39. The lowest BCUT2D eigenvalue weighted by molar-refractivity contribution is -0.147. The Morgan fingerprint density at radius 2 is 2.21 bits per heavy atom. The SMILES string of the molecule is Cc1ncccc1-c1nnnn1CC(C)(C)C(=O)O. The van der Waals surface area contributed by atoms with E-state index in [0.29, 0.717) is 5.82 Å². The van der Waals surface area contributed by atoms with Gasteiger partial charge < -0.3 is 5.11 Å². The predicted molar refractivity (Wildman–Crippen MR) is 67.2 cm³/mol. The van der Waals surface area contributed by atoms with Gasteiger partial charge in [-0.05, 0) is 43.3 Å². The van der Waals surface area contributed by atoms with E-state index in [9.17, 15) is 4.79 Å². The summed E-state index contributed by atoms with van der Waals surface area (Å²) in [7, 11) is 0. The van der Waals surface area contributed by atoms with Crippen molar-refractivity contribution in [2.45, 2.75) is 27.3 Å². The van der Waals surface area contributed by atoms with Crippen LogP contribution in [0.3, 0.4) is 0 Å². The van der Waals surface area contributed by atoms with Gasteiger partial charge in [0.2, 0.25) is 0 Å². The summed E-state index contributed by atoms with van der Waals surface area (Å²) in [6.07, 6.45) is 1.69. The number of aryl methyl sites for hydroxylation is 1. The largest absolute Gasteiger partial charge is 0.481 e. The molecular formula is C12H15N5O2. The van der Waals surface area contributed by atoms with Gasteiger partial charge in [0.15, 0.2) is 5.82 Å². The van der Waals surface area contributed by atoms with Crippen LogP contribution in [0, 0.1) is 12.3 Å². The van der Waals surface area contributed by atoms with Gasteiger partial charge in [-0.1, -0.05) is 0 Å². The molecular weight excluding hydrogens is 246 g/mol. The van der Waals surface area contributed by atoms with Crippen LogP contribution in [0.2, 0.25) is 0 Å². The summed E-state index contributed by atoms with van der Waals surface area (Å²) < 4.78 is 1.50. The first-order valence-corrected chi connectivity index (χ1v) is 5.83. The molecule has 19 heavy (non-hydrogen) atoms. The lowest BCUT2D eigenvalue weighted by Crippen LogP contribution is -2.30. The van der Waals surface area contributed by atoms with Gasteiger partial charge in [0.05, 0.1) is 12.0 Å². The molecule has 1 N–H and O–H groups in total. The Bertz CT molecular complexity index is 606. The number of carboxylic acids is 1. The number of aromatic nitrogens is 5. The molecule has 0 spiro atoms. The van der Waals surface area contributed by atoms with E-state index in [-0.39, 0.29) is 6.54 Å². The number of carbonyl (C=O) groups is 1. The van der Waals surface area contributed by atoms with E-state index >= 15 is 0 Å². The molecule has 0 aliphatic rings. The molecule has 0 saturated heterocycles. The summed E-state index contributed by atoms with van der Waals surface area (Å²) in [6, 6.07) is 3.65. The highest BCUT2D eigenvalue weighted by Gasteiger charge is 2.29. The lowest BCUT2D eigenvalue weighted by atomic mass is 9.94. The van der Waals surface area contributed by atoms with Crippen molar-refractivity contribution in [1.82, 2.24) is 25.2 Å². The minimum absolute atomic E-state index is 0.193. The Kier molecular flexibility index (Phi) is 3.28. The third kappa shape index (κ3) is 2.59. The van der Waals surface area contributed by atoms with Gasteiger partial charge >= 0.3 is 5.97 Å². The lowest BCUT2D eigenvalue weighted by Gasteiger charge is -2.19. The van der Waals surface area contributed by atoms with Crippen LogP contribution < -0.4 is 0 Å². The van der Waals surface area contributed by atoms with Crippen molar-refractivity contribution < 1.29 is 9.90 Å². The fourth-order valence-corrected chi connectivity index (χ4v) is 1.67. The van der Waals surface area contributed by atoms with E-state index in [1.165, 1.54) is 4.68 Å². The number of aliphatic carboxylic acids is 1. The van der Waals surface area contributed by atoms with E-state index in [4.69, 9.17) is 5.11 Å². The first-order chi connectivity index (χ1) is 8.92. The van der Waals surface area contributed by atoms with Gasteiger partial charge in [-0.3, -0.25) is 9.78 Å². The van der Waals surface area contributed by atoms with E-state index in [1.807, 2.05) is 13.0 Å². The number of hydrogen-bond acceptors (Lipinski definition) is 5. The van der Waals surface area contributed by atoms with Crippen LogP contribution in [-0.2, 0) is 11.3 Å². The van der Waals surface area contributed by atoms with Crippen LogP contribution in [0.25, 0.3) is 11.4 Å². The van der Waals surface area contributed by atoms with Crippen LogP contribution >= 0.6 is 0 Å². The second-order valence-electron chi connectivity index (χ2n) is 4.99. The van der Waals surface area contributed by atoms with Crippen LogP contribution in [0.4, 0.5) is 0 Å². The zero-order chi connectivity index (χ0) is 14.0. The van der Waals surface area contributed by atoms with Crippen molar-refractivity contribution in [3.05, 3.63) is 24.0 Å². The van der Waals surface area contributed by atoms with Crippen LogP contribution in [0.5, 0.6) is 0 Å². The number of carboxylic acid groups (broad SMARTS) is 1. The number of nitrogens with zero attached hydrogens (tertiary/aromatic N) is 5. The first-order valence-electron chi connectivity index (χ1n) is 5.83. The van der Waals surface area contributed by atoms with Gasteiger partial charge in [-0.2, -0.15) is 0 Å². The standard InChI is InChI=1S/C12H15N5O2/c1-8-9(5-4-6-13-8)10-14-15-16-17(10)7-12(2,3)11(18)19/h4-6H,7H2,1-3H3,(H,18,19). The molecule has 0 saturated carbocycles. The molecule has 100 valence electrons. The van der Waals surface area contributed by atoms with Crippen molar-refractivity contribution in [1.29, 1.82) is 0 Å². The van der Waals surface area contributed by atoms with Crippen molar-refractivity contribution in [2.75, 3.05) is 0 Å². The van der Waals surface area contributed by atoms with Gasteiger partial charge in [0.1, 0.15) is 0 Å². The maximum Gasteiger partial charge on any atom is 0.310 e. The van der Waals surface area contributed by atoms with Crippen molar-refractivity contribution >= 4 is 5.97 Å². The third-order valence-corrected chi connectivity index (χ3v) is 2.90. The quantitative estimate of drug-likeness (QED) is 0.887. The second-order valence-corrected chi connectivity index (χ2v) is 4.99. The molecule has 7 heteroatoms. The number of tetrazole rings is 1. The summed E-state index contributed by atoms with van der Waals surface area (Å²) in [4.78, 5) is 15.4. The molecule has 0 atom stereocenters. The molecule has 0 aromatic carbocycles. The van der Waals surface area contributed by atoms with Gasteiger partial charge in [-0.25, -0.2) is 4.68 Å². The maximum absolute atomic E-state index is 11.2. The molecule has 2 heterocycles. The molecule has 7 nitrogen and oxygen atoms in total. The fourth-order valence-electron chi connectivity index (χ4n) is 1.67. The number of pyridine rings is 1. The molecule has 0 radical (unpaired) electrons. The monoisotopic (exact) mass is 261 g/mol. The van der Waals surface area contributed by atoms with E-state index < -0.39 is 11.4 Å². The summed E-state index contributed by atoms with van der Waals surface area (Å²) in [5.74, 6) is -0.364. The minimum atomic E-state index is -0.944. The molecule has 2 rings (SSSR count). The summed E-state index contributed by atoms with van der Waals surface area (Å²) in [6.45, 7) is 5.32. The maximum atomic E-state index is 11.2. The van der Waals surface area contributed by atoms with Crippen molar-refractivity contribution in [2.24, 2.45) is 5.41 Å². The topological polar surface area (TPSA) is 93.8 Å². The normalized spacial score (nSPS) is 11.5. The molecule has 0 aliphatic carbocycles. The Hall–Kier alpha value is -2.31. The van der Waals surface area contributed by atoms with Crippen molar-refractivity contribution in [3.8, 4) is 11.4 Å². The van der Waals surface area contributed by atoms with E-state index in [0.717, 1.165) is 11.3 Å². The average molecular weight is 261 g/mol. The zero-order valence-electron chi connectivity index (χ0n) is 11.0. The predicted octanol–water partition coefficient (Wildman–Crippen LogP) is 1.15. The molecule has 0 amide bonds. The molecule has 0 fully saturated rings. The van der Waals surface area contributed by atoms with Gasteiger partial charge in [0.25, 0.3) is 0 Å². The summed E-state index contributed by atoms with van der Waals surface area (Å²) >= 11 is 0. The van der Waals surface area contributed by atoms with Crippen molar-refractivity contribution in [3.63, 3.8) is 0 Å². The molecule has 0 aliphatic heterocycles. The van der Waals surface area contributed by atoms with Crippen LogP contribution in [0.1, 0.15) is 19.5 Å². The minimum Gasteiger partial charge on any atom is -0.481 e. The second kappa shape index (κ2) is 4.75. The molecule has 0 unspecified atom stereocenters. The molecule has 2 aromatic rings. The Morgan fingerprint density at radius 1 is 1.47 bits per heavy atom. The Morgan fingerprint density at radius 3 is 2.84 bits per heavy atom. The van der Waals surface area contributed by atoms with Gasteiger partial charge in [0, 0.05) is 17.5 Å².